The van der Waals surface area contributed by atoms with E-state index in [0.717, 1.165) is 17.2 Å². The highest BCUT2D eigenvalue weighted by molar-refractivity contribution is 5.93. The maximum Gasteiger partial charge on any atom is 0.573 e. The van der Waals surface area contributed by atoms with Gasteiger partial charge in [0.05, 0.1) is 11.6 Å². The van der Waals surface area contributed by atoms with Gasteiger partial charge >= 0.3 is 6.36 Å². The number of benzene rings is 2. The third-order valence-electron chi connectivity index (χ3n) is 6.08. The highest BCUT2D eigenvalue weighted by atomic mass is 19.4. The Morgan fingerprint density at radius 3 is 2.44 bits per heavy atom. The lowest BCUT2D eigenvalue weighted by Gasteiger charge is -2.24. The van der Waals surface area contributed by atoms with Gasteiger partial charge in [-0.15, -0.1) is 13.2 Å². The van der Waals surface area contributed by atoms with Gasteiger partial charge in [0.15, 0.2) is 0 Å². The van der Waals surface area contributed by atoms with Crippen molar-refractivity contribution in [3.63, 3.8) is 0 Å². The van der Waals surface area contributed by atoms with Gasteiger partial charge in [-0.25, -0.2) is 4.98 Å². The first kappa shape index (κ1) is 25.2. The molecule has 1 atom stereocenters. The summed E-state index contributed by atoms with van der Waals surface area (Å²) in [6.07, 6.45) is -4.09. The van der Waals surface area contributed by atoms with E-state index in [1.807, 2.05) is 36.1 Å². The number of ether oxygens (including phenoxy) is 1. The smallest absolute Gasteiger partial charge is 0.506 e. The molecule has 1 fully saturated rings. The Labute approximate surface area is 207 Å². The van der Waals surface area contributed by atoms with Crippen molar-refractivity contribution in [2.75, 3.05) is 34.8 Å². The minimum absolute atomic E-state index is 0.158. The number of aryl methyl sites for hydroxylation is 1. The first-order chi connectivity index (χ1) is 17.1. The number of anilines is 4. The third-order valence-corrected chi connectivity index (χ3v) is 6.08. The number of halogens is 3. The van der Waals surface area contributed by atoms with Gasteiger partial charge in [-0.1, -0.05) is 0 Å². The molecule has 7 nitrogen and oxygen atoms in total. The Hall–Kier alpha value is -3.95. The molecular weight excluding hydrogens is 473 g/mol. The molecule has 10 heteroatoms. The van der Waals surface area contributed by atoms with Gasteiger partial charge in [-0.3, -0.25) is 4.79 Å². The Bertz CT molecular complexity index is 1200. The molecular formula is C26H27F3N4O3. The molecule has 2 N–H and O–H groups in total. The molecule has 1 unspecified atom stereocenters. The molecule has 0 aliphatic carbocycles. The van der Waals surface area contributed by atoms with Crippen molar-refractivity contribution in [2.45, 2.75) is 26.6 Å². The maximum absolute atomic E-state index is 12.7. The Kier molecular flexibility index (Phi) is 7.23. The van der Waals surface area contributed by atoms with Gasteiger partial charge < -0.3 is 25.0 Å². The van der Waals surface area contributed by atoms with E-state index in [-0.39, 0.29) is 23.3 Å². The Balaban J connectivity index is 1.36. The van der Waals surface area contributed by atoms with E-state index in [9.17, 15) is 23.1 Å². The van der Waals surface area contributed by atoms with Crippen LogP contribution in [0.15, 0.2) is 60.7 Å². The predicted molar refractivity (Wildman–Crippen MR) is 132 cm³/mol. The lowest BCUT2D eigenvalue weighted by Crippen LogP contribution is -2.27. The van der Waals surface area contributed by atoms with Crippen LogP contribution in [0.25, 0.3) is 0 Å². The molecule has 1 aliphatic rings. The summed E-state index contributed by atoms with van der Waals surface area (Å²) in [5.74, 6) is 0.146. The number of aromatic nitrogens is 1. The summed E-state index contributed by atoms with van der Waals surface area (Å²) in [4.78, 5) is 21.4. The number of hydrogen-bond donors (Lipinski definition) is 2. The van der Waals surface area contributed by atoms with Crippen LogP contribution in [0.2, 0.25) is 0 Å². The average molecular weight is 501 g/mol. The van der Waals surface area contributed by atoms with Crippen molar-refractivity contribution in [3.8, 4) is 11.5 Å². The van der Waals surface area contributed by atoms with Gasteiger partial charge in [0.25, 0.3) is 0 Å². The number of rotatable bonds is 7. The summed E-state index contributed by atoms with van der Waals surface area (Å²) in [6.45, 7) is 5.74. The summed E-state index contributed by atoms with van der Waals surface area (Å²) < 4.78 is 40.8. The van der Waals surface area contributed by atoms with Gasteiger partial charge in [0.1, 0.15) is 17.3 Å². The lowest BCUT2D eigenvalue weighted by molar-refractivity contribution is -0.274. The molecule has 1 aromatic heterocycles. The molecule has 1 amide bonds. The van der Waals surface area contributed by atoms with Crippen LogP contribution in [0.3, 0.4) is 0 Å². The SMILES string of the molecule is CCN(c1ccc(N2CCC(C(=O)Nc3ccc(OC(F)(F)F)cc3)C2)cc1)c1ccc(O)c(C)n1. The number of hydrogen-bond acceptors (Lipinski definition) is 6. The van der Waals surface area contributed by atoms with Crippen LogP contribution in [-0.4, -0.2) is 42.0 Å². The van der Waals surface area contributed by atoms with Crippen LogP contribution in [-0.2, 0) is 4.79 Å². The third kappa shape index (κ3) is 5.99. The number of alkyl halides is 3. The van der Waals surface area contributed by atoms with Crippen LogP contribution >= 0.6 is 0 Å². The molecule has 1 aliphatic heterocycles. The van der Waals surface area contributed by atoms with E-state index in [4.69, 9.17) is 0 Å². The quantitative estimate of drug-likeness (QED) is 0.439. The standard InChI is InChI=1S/C26H27F3N4O3/c1-3-33(24-13-12-23(34)17(2)30-24)21-8-6-20(7-9-21)32-15-14-18(16-32)25(35)31-19-4-10-22(11-5-19)36-26(27,28)29/h4-13,18,34H,3,14-16H2,1-2H3,(H,31,35). The topological polar surface area (TPSA) is 77.9 Å². The molecule has 0 saturated carbocycles. The van der Waals surface area contributed by atoms with Gasteiger partial charge in [-0.05, 0) is 80.9 Å². The second-order valence-corrected chi connectivity index (χ2v) is 8.53. The summed E-state index contributed by atoms with van der Waals surface area (Å²) in [5.41, 5.74) is 2.93. The summed E-state index contributed by atoms with van der Waals surface area (Å²) in [6, 6.07) is 16.5. The summed E-state index contributed by atoms with van der Waals surface area (Å²) in [7, 11) is 0. The van der Waals surface area contributed by atoms with E-state index >= 15 is 0 Å². The Morgan fingerprint density at radius 2 is 1.83 bits per heavy atom. The van der Waals surface area contributed by atoms with Gasteiger partial charge in [-0.2, -0.15) is 0 Å². The normalized spacial score (nSPS) is 15.6. The second-order valence-electron chi connectivity index (χ2n) is 8.53. The van der Waals surface area contributed by atoms with E-state index in [2.05, 4.69) is 19.9 Å². The maximum atomic E-state index is 12.7. The molecule has 36 heavy (non-hydrogen) atoms. The fourth-order valence-corrected chi connectivity index (χ4v) is 4.20. The molecule has 2 aromatic carbocycles. The molecule has 2 heterocycles. The number of pyridine rings is 1. The fourth-order valence-electron chi connectivity index (χ4n) is 4.20. The highest BCUT2D eigenvalue weighted by Gasteiger charge is 2.31. The van der Waals surface area contributed by atoms with Crippen molar-refractivity contribution in [1.82, 2.24) is 4.98 Å². The van der Waals surface area contributed by atoms with Crippen LogP contribution < -0.4 is 19.9 Å². The van der Waals surface area contributed by atoms with Crippen molar-refractivity contribution in [3.05, 3.63) is 66.4 Å². The van der Waals surface area contributed by atoms with E-state index in [1.165, 1.54) is 24.3 Å². The lowest BCUT2D eigenvalue weighted by atomic mass is 10.1. The zero-order valence-electron chi connectivity index (χ0n) is 19.9. The number of aromatic hydroxyl groups is 1. The average Bonchev–Trinajstić information content (AvgIpc) is 3.33. The van der Waals surface area contributed by atoms with Crippen molar-refractivity contribution >= 4 is 28.8 Å². The Morgan fingerprint density at radius 1 is 1.14 bits per heavy atom. The second kappa shape index (κ2) is 10.3. The zero-order chi connectivity index (χ0) is 25.9. The predicted octanol–water partition coefficient (Wildman–Crippen LogP) is 5.62. The molecule has 0 bridgehead atoms. The fraction of sp³-hybridized carbons (Fsp3) is 0.308. The number of carbonyl (C=O) groups excluding carboxylic acids is 1. The van der Waals surface area contributed by atoms with Gasteiger partial charge in [0, 0.05) is 36.7 Å². The number of carbonyl (C=O) groups is 1. The molecule has 190 valence electrons. The van der Waals surface area contributed by atoms with Crippen LogP contribution in [0, 0.1) is 12.8 Å². The van der Waals surface area contributed by atoms with Crippen LogP contribution in [0.5, 0.6) is 11.5 Å². The van der Waals surface area contributed by atoms with Crippen molar-refractivity contribution in [1.29, 1.82) is 0 Å². The zero-order valence-corrected chi connectivity index (χ0v) is 19.9. The molecule has 4 rings (SSSR count). The number of amides is 1. The van der Waals surface area contributed by atoms with Gasteiger partial charge in [0.2, 0.25) is 5.91 Å². The van der Waals surface area contributed by atoms with E-state index in [0.29, 0.717) is 37.4 Å². The minimum Gasteiger partial charge on any atom is -0.506 e. The molecule has 0 spiro atoms. The molecule has 3 aromatic rings. The monoisotopic (exact) mass is 500 g/mol. The summed E-state index contributed by atoms with van der Waals surface area (Å²) in [5, 5.41) is 12.5. The van der Waals surface area contributed by atoms with Crippen LogP contribution in [0.4, 0.5) is 36.1 Å². The van der Waals surface area contributed by atoms with Crippen LogP contribution in [0.1, 0.15) is 19.0 Å². The largest absolute Gasteiger partial charge is 0.573 e. The van der Waals surface area contributed by atoms with Crippen molar-refractivity contribution in [2.24, 2.45) is 5.92 Å². The first-order valence-electron chi connectivity index (χ1n) is 11.6. The number of nitrogens with zero attached hydrogens (tertiary/aromatic N) is 3. The van der Waals surface area contributed by atoms with E-state index < -0.39 is 6.36 Å². The summed E-state index contributed by atoms with van der Waals surface area (Å²) >= 11 is 0. The number of nitrogens with one attached hydrogen (secondary N) is 1. The highest BCUT2D eigenvalue weighted by Crippen LogP contribution is 2.31. The molecule has 1 saturated heterocycles. The van der Waals surface area contributed by atoms with E-state index in [1.54, 1.807) is 19.1 Å². The first-order valence-corrected chi connectivity index (χ1v) is 11.6. The minimum atomic E-state index is -4.76. The molecule has 0 radical (unpaired) electrons. The van der Waals surface area contributed by atoms with Crippen molar-refractivity contribution < 1.29 is 27.8 Å².